The number of anilines is 1. The van der Waals surface area contributed by atoms with Crippen LogP contribution < -0.4 is 9.64 Å². The van der Waals surface area contributed by atoms with Crippen LogP contribution in [0.15, 0.2) is 66.5 Å². The lowest BCUT2D eigenvalue weighted by atomic mass is 9.95. The van der Waals surface area contributed by atoms with Crippen molar-refractivity contribution in [1.29, 1.82) is 0 Å². The van der Waals surface area contributed by atoms with E-state index in [0.717, 1.165) is 22.4 Å². The highest BCUT2D eigenvalue weighted by Gasteiger charge is 2.47. The molecule has 0 spiro atoms. The van der Waals surface area contributed by atoms with E-state index < -0.39 is 17.7 Å². The lowest BCUT2D eigenvalue weighted by Crippen LogP contribution is -2.30. The molecule has 1 saturated heterocycles. The van der Waals surface area contributed by atoms with Crippen LogP contribution in [0.25, 0.3) is 5.76 Å². The van der Waals surface area contributed by atoms with E-state index in [-0.39, 0.29) is 11.3 Å². The van der Waals surface area contributed by atoms with Gasteiger partial charge >= 0.3 is 0 Å². The molecular formula is C29H30N2O4. The summed E-state index contributed by atoms with van der Waals surface area (Å²) in [5.74, 6) is -0.529. The van der Waals surface area contributed by atoms with Gasteiger partial charge in [-0.1, -0.05) is 32.0 Å². The van der Waals surface area contributed by atoms with E-state index >= 15 is 0 Å². The van der Waals surface area contributed by atoms with Crippen molar-refractivity contribution in [1.82, 2.24) is 4.98 Å². The van der Waals surface area contributed by atoms with E-state index in [1.54, 1.807) is 36.7 Å². The summed E-state index contributed by atoms with van der Waals surface area (Å²) >= 11 is 0. The van der Waals surface area contributed by atoms with Crippen LogP contribution in [-0.2, 0) is 9.59 Å². The second kappa shape index (κ2) is 9.74. The number of Topliss-reactive ketones (excluding diaryl/α,β-unsaturated/α-hetero) is 1. The quantitative estimate of drug-likeness (QED) is 0.285. The van der Waals surface area contributed by atoms with Crippen LogP contribution in [-0.4, -0.2) is 28.4 Å². The van der Waals surface area contributed by atoms with E-state index in [4.69, 9.17) is 4.74 Å². The minimum absolute atomic E-state index is 0.0409. The zero-order valence-corrected chi connectivity index (χ0v) is 20.7. The highest BCUT2D eigenvalue weighted by molar-refractivity contribution is 6.51. The van der Waals surface area contributed by atoms with Gasteiger partial charge in [0.2, 0.25) is 0 Å². The molecule has 2 aromatic carbocycles. The van der Waals surface area contributed by atoms with Gasteiger partial charge in [0, 0.05) is 23.6 Å². The number of aryl methyl sites for hydroxylation is 2. The molecule has 4 rings (SSSR count). The third-order valence-electron chi connectivity index (χ3n) is 6.30. The first-order chi connectivity index (χ1) is 16.7. The Balaban J connectivity index is 1.87. The second-order valence-corrected chi connectivity index (χ2v) is 9.36. The van der Waals surface area contributed by atoms with Gasteiger partial charge in [-0.3, -0.25) is 19.5 Å². The number of hydrogen-bond acceptors (Lipinski definition) is 5. The van der Waals surface area contributed by atoms with Crippen LogP contribution in [0.5, 0.6) is 5.75 Å². The van der Waals surface area contributed by atoms with Crippen LogP contribution in [0, 0.1) is 26.7 Å². The van der Waals surface area contributed by atoms with E-state index in [1.165, 1.54) is 4.90 Å². The summed E-state index contributed by atoms with van der Waals surface area (Å²) in [6.45, 7) is 10.5. The molecule has 6 heteroatoms. The number of pyridine rings is 1. The third-order valence-corrected chi connectivity index (χ3v) is 6.30. The van der Waals surface area contributed by atoms with Crippen molar-refractivity contribution in [2.45, 2.75) is 40.7 Å². The van der Waals surface area contributed by atoms with Gasteiger partial charge in [-0.2, -0.15) is 0 Å². The maximum absolute atomic E-state index is 13.4. The van der Waals surface area contributed by atoms with Gasteiger partial charge in [-0.25, -0.2) is 0 Å². The minimum atomic E-state index is -0.804. The van der Waals surface area contributed by atoms with Gasteiger partial charge in [0.25, 0.3) is 11.7 Å². The second-order valence-electron chi connectivity index (χ2n) is 9.36. The Morgan fingerprint density at radius 3 is 2.49 bits per heavy atom. The van der Waals surface area contributed by atoms with Crippen molar-refractivity contribution in [3.63, 3.8) is 0 Å². The number of aromatic nitrogens is 1. The SMILES string of the molecule is Cc1cc(/C(O)=C2\C(=O)C(=O)N(c3cccc(C)c3C)C2c2cccnc2)ccc1OCC(C)C. The van der Waals surface area contributed by atoms with Crippen molar-refractivity contribution in [3.05, 3.63) is 94.3 Å². The summed E-state index contributed by atoms with van der Waals surface area (Å²) in [6, 6.07) is 13.7. The number of hydrogen-bond donors (Lipinski definition) is 1. The topological polar surface area (TPSA) is 79.7 Å². The number of nitrogens with zero attached hydrogens (tertiary/aromatic N) is 2. The summed E-state index contributed by atoms with van der Waals surface area (Å²) < 4.78 is 5.85. The average molecular weight is 471 g/mol. The van der Waals surface area contributed by atoms with Crippen LogP contribution in [0.3, 0.4) is 0 Å². The molecule has 1 aromatic heterocycles. The highest BCUT2D eigenvalue weighted by atomic mass is 16.5. The predicted molar refractivity (Wildman–Crippen MR) is 136 cm³/mol. The summed E-state index contributed by atoms with van der Waals surface area (Å²) in [4.78, 5) is 32.4. The molecule has 1 amide bonds. The summed E-state index contributed by atoms with van der Waals surface area (Å²) in [5.41, 5.74) is 4.49. The van der Waals surface area contributed by atoms with Crippen molar-refractivity contribution in [3.8, 4) is 5.75 Å². The number of amides is 1. The number of aliphatic hydroxyl groups excluding tert-OH is 1. The number of aliphatic hydroxyl groups is 1. The minimum Gasteiger partial charge on any atom is -0.507 e. The fourth-order valence-corrected chi connectivity index (χ4v) is 4.30. The number of carbonyl (C=O) groups excluding carboxylic acids is 2. The standard InChI is InChI=1S/C29H30N2O4/c1-17(2)16-35-24-12-11-21(14-19(24)4)27(32)25-26(22-9-7-13-30-15-22)31(29(34)28(25)33)23-10-6-8-18(3)20(23)5/h6-15,17,26,32H,16H2,1-5H3/b27-25+. The van der Waals surface area contributed by atoms with Crippen molar-refractivity contribution < 1.29 is 19.4 Å². The van der Waals surface area contributed by atoms with Crippen LogP contribution >= 0.6 is 0 Å². The van der Waals surface area contributed by atoms with Crippen molar-refractivity contribution in [2.24, 2.45) is 5.92 Å². The average Bonchev–Trinajstić information content (AvgIpc) is 3.10. The Morgan fingerprint density at radius 1 is 1.06 bits per heavy atom. The summed E-state index contributed by atoms with van der Waals surface area (Å²) in [7, 11) is 0. The molecule has 1 fully saturated rings. The monoisotopic (exact) mass is 470 g/mol. The molecule has 1 aliphatic heterocycles. The Bertz CT molecular complexity index is 1310. The first kappa shape index (κ1) is 24.2. The van der Waals surface area contributed by atoms with Crippen molar-refractivity contribution >= 4 is 23.1 Å². The van der Waals surface area contributed by atoms with E-state index in [2.05, 4.69) is 18.8 Å². The Kier molecular flexibility index (Phi) is 6.74. The first-order valence-corrected chi connectivity index (χ1v) is 11.7. The molecule has 1 aliphatic rings. The van der Waals surface area contributed by atoms with Gasteiger partial charge in [-0.15, -0.1) is 0 Å². The van der Waals surface area contributed by atoms with E-state index in [0.29, 0.717) is 29.3 Å². The number of ether oxygens (including phenoxy) is 1. The highest BCUT2D eigenvalue weighted by Crippen LogP contribution is 2.43. The predicted octanol–water partition coefficient (Wildman–Crippen LogP) is 5.67. The number of ketones is 1. The van der Waals surface area contributed by atoms with Gasteiger partial charge in [0.15, 0.2) is 0 Å². The zero-order chi connectivity index (χ0) is 25.3. The third kappa shape index (κ3) is 4.56. The zero-order valence-electron chi connectivity index (χ0n) is 20.7. The molecule has 0 saturated carbocycles. The molecule has 3 aromatic rings. The lowest BCUT2D eigenvalue weighted by Gasteiger charge is -2.27. The smallest absolute Gasteiger partial charge is 0.300 e. The molecular weight excluding hydrogens is 440 g/mol. The maximum Gasteiger partial charge on any atom is 0.300 e. The van der Waals surface area contributed by atoms with Gasteiger partial charge in [0.05, 0.1) is 18.2 Å². The van der Waals surface area contributed by atoms with Gasteiger partial charge in [0.1, 0.15) is 11.5 Å². The van der Waals surface area contributed by atoms with E-state index in [1.807, 2.05) is 45.0 Å². The number of carbonyl (C=O) groups is 2. The van der Waals surface area contributed by atoms with Crippen LogP contribution in [0.1, 0.15) is 47.7 Å². The largest absolute Gasteiger partial charge is 0.507 e. The maximum atomic E-state index is 13.4. The van der Waals surface area contributed by atoms with Crippen LogP contribution in [0.4, 0.5) is 5.69 Å². The summed E-state index contributed by atoms with van der Waals surface area (Å²) in [6.07, 6.45) is 3.25. The molecule has 1 unspecified atom stereocenters. The van der Waals surface area contributed by atoms with E-state index in [9.17, 15) is 14.7 Å². The molecule has 180 valence electrons. The molecule has 0 bridgehead atoms. The fraction of sp³-hybridized carbons (Fsp3) is 0.276. The Morgan fingerprint density at radius 2 is 1.83 bits per heavy atom. The molecule has 0 radical (unpaired) electrons. The van der Waals surface area contributed by atoms with Crippen LogP contribution in [0.2, 0.25) is 0 Å². The molecule has 2 heterocycles. The molecule has 1 atom stereocenters. The fourth-order valence-electron chi connectivity index (χ4n) is 4.30. The Hall–Kier alpha value is -3.93. The van der Waals surface area contributed by atoms with Crippen molar-refractivity contribution in [2.75, 3.05) is 11.5 Å². The van der Waals surface area contributed by atoms with Gasteiger partial charge in [-0.05, 0) is 79.3 Å². The normalized spacial score (nSPS) is 17.3. The Labute approximate surface area is 205 Å². The number of benzene rings is 2. The molecule has 1 N–H and O–H groups in total. The molecule has 0 aliphatic carbocycles. The van der Waals surface area contributed by atoms with Gasteiger partial charge < -0.3 is 9.84 Å². The molecule has 35 heavy (non-hydrogen) atoms. The summed E-state index contributed by atoms with van der Waals surface area (Å²) in [5, 5.41) is 11.4. The molecule has 6 nitrogen and oxygen atoms in total. The number of rotatable bonds is 6. The first-order valence-electron chi connectivity index (χ1n) is 11.7. The lowest BCUT2D eigenvalue weighted by molar-refractivity contribution is -0.132.